The van der Waals surface area contributed by atoms with Crippen molar-refractivity contribution in [3.05, 3.63) is 56.9 Å². The highest BCUT2D eigenvalue weighted by atomic mass is 16.5. The number of carbonyl (C=O) groups is 1. The van der Waals surface area contributed by atoms with Crippen molar-refractivity contribution in [2.24, 2.45) is 14.1 Å². The number of benzene rings is 1. The van der Waals surface area contributed by atoms with Gasteiger partial charge in [-0.15, -0.1) is 0 Å². The number of hydrogen-bond acceptors (Lipinski definition) is 4. The Bertz CT molecular complexity index is 866. The molecule has 0 saturated heterocycles. The molecule has 0 bridgehead atoms. The van der Waals surface area contributed by atoms with Gasteiger partial charge in [0.25, 0.3) is 11.5 Å². The van der Waals surface area contributed by atoms with E-state index in [1.54, 1.807) is 18.2 Å². The zero-order valence-corrected chi connectivity index (χ0v) is 12.3. The molecule has 0 fully saturated rings. The van der Waals surface area contributed by atoms with E-state index in [1.165, 1.54) is 29.8 Å². The predicted molar refractivity (Wildman–Crippen MR) is 80.5 cm³/mol. The summed E-state index contributed by atoms with van der Waals surface area (Å²) >= 11 is 0. The molecule has 0 N–H and O–H groups in total. The molecule has 3 rings (SSSR count). The molecule has 0 saturated carbocycles. The molecule has 0 atom stereocenters. The molecule has 0 aliphatic carbocycles. The van der Waals surface area contributed by atoms with Crippen molar-refractivity contribution >= 4 is 11.6 Å². The van der Waals surface area contributed by atoms with Crippen molar-refractivity contribution in [1.82, 2.24) is 9.13 Å². The number of aryl methyl sites for hydroxylation is 1. The van der Waals surface area contributed by atoms with Crippen molar-refractivity contribution in [2.45, 2.75) is 0 Å². The largest absolute Gasteiger partial charge is 0.490 e. The monoisotopic (exact) mass is 301 g/mol. The third-order valence-corrected chi connectivity index (χ3v) is 3.65. The fourth-order valence-corrected chi connectivity index (χ4v) is 2.48. The van der Waals surface area contributed by atoms with Crippen molar-refractivity contribution < 1.29 is 9.53 Å². The molecular formula is C15H15N3O4. The Labute approximate surface area is 126 Å². The molecule has 1 aromatic carbocycles. The molecule has 22 heavy (non-hydrogen) atoms. The lowest BCUT2D eigenvalue weighted by Gasteiger charge is -2.29. The van der Waals surface area contributed by atoms with Gasteiger partial charge >= 0.3 is 5.69 Å². The highest BCUT2D eigenvalue weighted by molar-refractivity contribution is 6.06. The lowest BCUT2D eigenvalue weighted by Crippen LogP contribution is -2.45. The fourth-order valence-electron chi connectivity index (χ4n) is 2.48. The molecule has 7 heteroatoms. The number of rotatable bonds is 1. The van der Waals surface area contributed by atoms with Crippen molar-refractivity contribution in [3.63, 3.8) is 0 Å². The summed E-state index contributed by atoms with van der Waals surface area (Å²) in [5.41, 5.74) is -0.489. The second kappa shape index (κ2) is 5.18. The van der Waals surface area contributed by atoms with Gasteiger partial charge in [-0.25, -0.2) is 4.79 Å². The Morgan fingerprint density at radius 2 is 1.91 bits per heavy atom. The summed E-state index contributed by atoms with van der Waals surface area (Å²) in [6.07, 6.45) is 1.28. The van der Waals surface area contributed by atoms with Gasteiger partial charge in [0.2, 0.25) is 0 Å². The first kappa shape index (κ1) is 14.1. The van der Waals surface area contributed by atoms with Gasteiger partial charge in [0.05, 0.1) is 12.2 Å². The minimum atomic E-state index is -0.600. The summed E-state index contributed by atoms with van der Waals surface area (Å²) < 4.78 is 7.66. The van der Waals surface area contributed by atoms with Crippen molar-refractivity contribution in [2.75, 3.05) is 18.1 Å². The number of ether oxygens (including phenoxy) is 1. The van der Waals surface area contributed by atoms with Gasteiger partial charge in [-0.2, -0.15) is 0 Å². The summed E-state index contributed by atoms with van der Waals surface area (Å²) in [6, 6.07) is 7.15. The van der Waals surface area contributed by atoms with Crippen LogP contribution in [0.1, 0.15) is 10.4 Å². The van der Waals surface area contributed by atoms with Crippen LogP contribution in [0.2, 0.25) is 0 Å². The van der Waals surface area contributed by atoms with Crippen LogP contribution in [0.25, 0.3) is 0 Å². The molecule has 1 aromatic heterocycles. The number of anilines is 1. The lowest BCUT2D eigenvalue weighted by atomic mass is 10.2. The average molecular weight is 301 g/mol. The summed E-state index contributed by atoms with van der Waals surface area (Å²) in [7, 11) is 2.86. The molecular weight excluding hydrogens is 286 g/mol. The molecule has 1 amide bonds. The maximum Gasteiger partial charge on any atom is 0.330 e. The maximum absolute atomic E-state index is 12.7. The highest BCUT2D eigenvalue weighted by Gasteiger charge is 2.27. The van der Waals surface area contributed by atoms with E-state index in [9.17, 15) is 14.4 Å². The zero-order chi connectivity index (χ0) is 15.9. The fraction of sp³-hybridized carbons (Fsp3) is 0.267. The summed E-state index contributed by atoms with van der Waals surface area (Å²) in [4.78, 5) is 38.2. The predicted octanol–water partition coefficient (Wildman–Crippen LogP) is 0.123. The van der Waals surface area contributed by atoms with Gasteiger partial charge in [-0.3, -0.25) is 14.2 Å². The van der Waals surface area contributed by atoms with E-state index in [2.05, 4.69) is 0 Å². The molecule has 7 nitrogen and oxygen atoms in total. The van der Waals surface area contributed by atoms with Gasteiger partial charge in [-0.1, -0.05) is 12.1 Å². The van der Waals surface area contributed by atoms with Gasteiger partial charge in [0.1, 0.15) is 17.9 Å². The second-order valence-corrected chi connectivity index (χ2v) is 5.07. The summed E-state index contributed by atoms with van der Waals surface area (Å²) in [6.45, 7) is 0.705. The second-order valence-electron chi connectivity index (χ2n) is 5.07. The van der Waals surface area contributed by atoms with Crippen LogP contribution in [0.15, 0.2) is 40.1 Å². The van der Waals surface area contributed by atoms with E-state index < -0.39 is 17.2 Å². The number of carbonyl (C=O) groups excluding carboxylic acids is 1. The van der Waals surface area contributed by atoms with E-state index in [-0.39, 0.29) is 5.56 Å². The van der Waals surface area contributed by atoms with Crippen LogP contribution in [0.3, 0.4) is 0 Å². The first-order valence-corrected chi connectivity index (χ1v) is 6.81. The number of fused-ring (bicyclic) bond motifs is 1. The SMILES string of the molecule is Cn1cc(C(=O)N2CCOc3ccccc32)c(=O)n(C)c1=O. The van der Waals surface area contributed by atoms with Gasteiger partial charge < -0.3 is 14.2 Å². The van der Waals surface area contributed by atoms with E-state index in [0.29, 0.717) is 24.6 Å². The highest BCUT2D eigenvalue weighted by Crippen LogP contribution is 2.31. The molecule has 1 aliphatic heterocycles. The Balaban J connectivity index is 2.11. The van der Waals surface area contributed by atoms with Crippen molar-refractivity contribution in [3.8, 4) is 5.75 Å². The third-order valence-electron chi connectivity index (χ3n) is 3.65. The van der Waals surface area contributed by atoms with E-state index >= 15 is 0 Å². The minimum Gasteiger partial charge on any atom is -0.490 e. The van der Waals surface area contributed by atoms with E-state index in [0.717, 1.165) is 4.57 Å². The topological polar surface area (TPSA) is 73.5 Å². The Morgan fingerprint density at radius 1 is 1.18 bits per heavy atom. The molecule has 114 valence electrons. The van der Waals surface area contributed by atoms with Crippen LogP contribution in [0.4, 0.5) is 5.69 Å². The van der Waals surface area contributed by atoms with Gasteiger partial charge in [0, 0.05) is 20.3 Å². The lowest BCUT2D eigenvalue weighted by molar-refractivity contribution is 0.0973. The minimum absolute atomic E-state index is 0.0405. The van der Waals surface area contributed by atoms with Crippen LogP contribution in [0.5, 0.6) is 5.75 Å². The number of nitrogens with zero attached hydrogens (tertiary/aromatic N) is 3. The van der Waals surface area contributed by atoms with Crippen LogP contribution in [-0.4, -0.2) is 28.2 Å². The smallest absolute Gasteiger partial charge is 0.330 e. The summed E-state index contributed by atoms with van der Waals surface area (Å²) in [5, 5.41) is 0. The maximum atomic E-state index is 12.7. The Hall–Kier alpha value is -2.83. The van der Waals surface area contributed by atoms with E-state index in [4.69, 9.17) is 4.74 Å². The molecule has 2 aromatic rings. The van der Waals surface area contributed by atoms with Crippen LogP contribution in [0, 0.1) is 0 Å². The number of aromatic nitrogens is 2. The number of hydrogen-bond donors (Lipinski definition) is 0. The van der Waals surface area contributed by atoms with Crippen LogP contribution < -0.4 is 20.9 Å². The molecule has 0 radical (unpaired) electrons. The Kier molecular flexibility index (Phi) is 3.32. The number of amides is 1. The average Bonchev–Trinajstić information content (AvgIpc) is 2.55. The standard InChI is InChI=1S/C15H15N3O4/c1-16-9-10(13(19)17(2)15(16)21)14(20)18-7-8-22-12-6-4-3-5-11(12)18/h3-6,9H,7-8H2,1-2H3. The van der Waals surface area contributed by atoms with Crippen molar-refractivity contribution in [1.29, 1.82) is 0 Å². The quantitative estimate of drug-likeness (QED) is 0.750. The first-order chi connectivity index (χ1) is 10.5. The van der Waals surface area contributed by atoms with Crippen LogP contribution >= 0.6 is 0 Å². The number of para-hydroxylation sites is 2. The molecule has 0 spiro atoms. The normalized spacial score (nSPS) is 13.5. The third kappa shape index (κ3) is 2.11. The first-order valence-electron chi connectivity index (χ1n) is 6.81. The molecule has 0 unspecified atom stereocenters. The van der Waals surface area contributed by atoms with E-state index in [1.807, 2.05) is 6.07 Å². The molecule has 1 aliphatic rings. The molecule has 2 heterocycles. The zero-order valence-electron chi connectivity index (χ0n) is 12.3. The Morgan fingerprint density at radius 3 is 2.68 bits per heavy atom. The van der Waals surface area contributed by atoms with Gasteiger partial charge in [0.15, 0.2) is 0 Å². The van der Waals surface area contributed by atoms with Crippen LogP contribution in [-0.2, 0) is 14.1 Å². The summed E-state index contributed by atoms with van der Waals surface area (Å²) in [5.74, 6) is 0.163. The van der Waals surface area contributed by atoms with Gasteiger partial charge in [-0.05, 0) is 12.1 Å².